The minimum atomic E-state index is -0.604. The van der Waals surface area contributed by atoms with E-state index in [-0.39, 0.29) is 0 Å². The third-order valence-corrected chi connectivity index (χ3v) is 4.03. The maximum atomic E-state index is 6.02. The predicted octanol–water partition coefficient (Wildman–Crippen LogP) is -0.913. The molecular weight excluding hydrogens is 258 g/mol. The normalized spacial score (nSPS) is 34.2. The lowest BCUT2D eigenvalue weighted by molar-refractivity contribution is -0.240. The topological polar surface area (TPSA) is 61.0 Å². The number of hydrogen-bond donors (Lipinski definition) is 3. The van der Waals surface area contributed by atoms with Gasteiger partial charge in [0.2, 0.25) is 5.85 Å². The number of piperidine rings is 1. The summed E-state index contributed by atoms with van der Waals surface area (Å²) in [5.74, 6) is -0.604. The number of hydrogen-bond acceptors (Lipinski definition) is 7. The molecule has 7 nitrogen and oxygen atoms in total. The smallest absolute Gasteiger partial charge is 0.224 e. The van der Waals surface area contributed by atoms with E-state index in [4.69, 9.17) is 9.47 Å². The molecule has 0 aromatic rings. The van der Waals surface area contributed by atoms with Crippen LogP contribution >= 0.6 is 0 Å². The van der Waals surface area contributed by atoms with Crippen molar-refractivity contribution in [1.29, 1.82) is 0 Å². The molecule has 3 N–H and O–H groups in total. The highest BCUT2D eigenvalue weighted by Crippen LogP contribution is 2.14. The molecule has 1 atom stereocenters. The van der Waals surface area contributed by atoms with Crippen LogP contribution in [-0.2, 0) is 9.47 Å². The molecule has 1 unspecified atom stereocenters. The molecule has 3 heterocycles. The molecule has 0 amide bonds. The van der Waals surface area contributed by atoms with E-state index in [1.54, 1.807) is 0 Å². The lowest BCUT2D eigenvalue weighted by Gasteiger charge is -2.45. The van der Waals surface area contributed by atoms with E-state index in [1.807, 2.05) is 0 Å². The standard InChI is InChI=1S/C13H27N5O2/c1-2-6-17(7-3-1)15-13(12-19-10-11-20-13)16-18-8-4-14-5-9-18/h14-16H,1-12H2. The molecule has 7 heteroatoms. The van der Waals surface area contributed by atoms with E-state index in [2.05, 4.69) is 26.2 Å². The van der Waals surface area contributed by atoms with Crippen molar-refractivity contribution in [2.45, 2.75) is 25.1 Å². The second kappa shape index (κ2) is 7.13. The van der Waals surface area contributed by atoms with E-state index in [1.165, 1.54) is 19.3 Å². The van der Waals surface area contributed by atoms with Gasteiger partial charge < -0.3 is 14.8 Å². The third-order valence-electron chi connectivity index (χ3n) is 4.03. The van der Waals surface area contributed by atoms with Crippen molar-refractivity contribution in [2.24, 2.45) is 0 Å². The van der Waals surface area contributed by atoms with Gasteiger partial charge >= 0.3 is 0 Å². The zero-order valence-electron chi connectivity index (χ0n) is 12.2. The fourth-order valence-electron chi connectivity index (χ4n) is 2.98. The maximum absolute atomic E-state index is 6.02. The molecule has 3 rings (SSSR count). The molecule has 3 fully saturated rings. The van der Waals surface area contributed by atoms with Crippen molar-refractivity contribution in [2.75, 3.05) is 59.1 Å². The summed E-state index contributed by atoms with van der Waals surface area (Å²) in [6, 6.07) is 0. The fraction of sp³-hybridized carbons (Fsp3) is 1.00. The Hall–Kier alpha value is -0.280. The maximum Gasteiger partial charge on any atom is 0.224 e. The van der Waals surface area contributed by atoms with Crippen molar-refractivity contribution >= 4 is 0 Å². The number of hydrazine groups is 2. The first-order valence-electron chi connectivity index (χ1n) is 7.84. The highest BCUT2D eigenvalue weighted by molar-refractivity contribution is 4.79. The van der Waals surface area contributed by atoms with Gasteiger partial charge in [0, 0.05) is 39.3 Å². The SMILES string of the molecule is C1CCN(NC2(NN3CCNCC3)COCCO2)CC1. The number of nitrogens with zero attached hydrogens (tertiary/aromatic N) is 2. The van der Waals surface area contributed by atoms with Crippen LogP contribution in [0.2, 0.25) is 0 Å². The van der Waals surface area contributed by atoms with Crippen LogP contribution in [0, 0.1) is 0 Å². The van der Waals surface area contributed by atoms with Crippen LogP contribution < -0.4 is 16.2 Å². The Balaban J connectivity index is 1.60. The van der Waals surface area contributed by atoms with Gasteiger partial charge in [-0.1, -0.05) is 6.42 Å². The first-order valence-corrected chi connectivity index (χ1v) is 7.84. The van der Waals surface area contributed by atoms with Crippen molar-refractivity contribution in [3.05, 3.63) is 0 Å². The minimum Gasteiger partial charge on any atom is -0.373 e. The summed E-state index contributed by atoms with van der Waals surface area (Å²) in [5, 5.41) is 7.86. The summed E-state index contributed by atoms with van der Waals surface area (Å²) in [7, 11) is 0. The number of ether oxygens (including phenoxy) is 2. The first kappa shape index (κ1) is 14.6. The van der Waals surface area contributed by atoms with Gasteiger partial charge in [-0.25, -0.2) is 20.9 Å². The number of nitrogens with one attached hydrogen (secondary N) is 3. The third kappa shape index (κ3) is 3.88. The highest BCUT2D eigenvalue weighted by atomic mass is 16.6. The summed E-state index contributed by atoms with van der Waals surface area (Å²) in [6.07, 6.45) is 3.82. The predicted molar refractivity (Wildman–Crippen MR) is 75.6 cm³/mol. The van der Waals surface area contributed by atoms with Gasteiger partial charge in [0.15, 0.2) is 0 Å². The van der Waals surface area contributed by atoms with Crippen molar-refractivity contribution < 1.29 is 9.47 Å². The second-order valence-electron chi connectivity index (χ2n) is 5.74. The Morgan fingerprint density at radius 1 is 0.850 bits per heavy atom. The largest absolute Gasteiger partial charge is 0.373 e. The summed E-state index contributed by atoms with van der Waals surface area (Å²) in [4.78, 5) is 0. The van der Waals surface area contributed by atoms with Gasteiger partial charge in [0.05, 0.1) is 13.2 Å². The molecule has 0 saturated carbocycles. The van der Waals surface area contributed by atoms with Crippen LogP contribution in [0.1, 0.15) is 19.3 Å². The van der Waals surface area contributed by atoms with Crippen LogP contribution in [0.3, 0.4) is 0 Å². The van der Waals surface area contributed by atoms with Crippen LogP contribution in [0.25, 0.3) is 0 Å². The highest BCUT2D eigenvalue weighted by Gasteiger charge is 2.38. The molecule has 3 aliphatic heterocycles. The minimum absolute atomic E-state index is 0.535. The van der Waals surface area contributed by atoms with Gasteiger partial charge in [0.25, 0.3) is 0 Å². The van der Waals surface area contributed by atoms with Crippen LogP contribution in [0.4, 0.5) is 0 Å². The zero-order valence-corrected chi connectivity index (χ0v) is 12.2. The number of piperazine rings is 1. The molecule has 0 bridgehead atoms. The Bertz CT molecular complexity index is 264. The molecule has 0 radical (unpaired) electrons. The summed E-state index contributed by atoms with van der Waals surface area (Å²) < 4.78 is 11.7. The van der Waals surface area contributed by atoms with E-state index < -0.39 is 5.85 Å². The van der Waals surface area contributed by atoms with Gasteiger partial charge in [0.1, 0.15) is 6.61 Å². The molecular formula is C13H27N5O2. The van der Waals surface area contributed by atoms with Crippen molar-refractivity contribution in [3.63, 3.8) is 0 Å². The average molecular weight is 285 g/mol. The summed E-state index contributed by atoms with van der Waals surface area (Å²) in [5.41, 5.74) is 7.04. The molecule has 0 spiro atoms. The molecule has 3 saturated heterocycles. The first-order chi connectivity index (χ1) is 9.86. The Kier molecular flexibility index (Phi) is 5.22. The molecule has 0 aliphatic carbocycles. The van der Waals surface area contributed by atoms with E-state index in [9.17, 15) is 0 Å². The van der Waals surface area contributed by atoms with Gasteiger partial charge in [-0.3, -0.25) is 0 Å². The molecule has 3 aliphatic rings. The summed E-state index contributed by atoms with van der Waals surface area (Å²) in [6.45, 7) is 7.96. The average Bonchev–Trinajstić information content (AvgIpc) is 2.50. The Morgan fingerprint density at radius 2 is 1.55 bits per heavy atom. The Morgan fingerprint density at radius 3 is 2.20 bits per heavy atom. The fourth-order valence-corrected chi connectivity index (χ4v) is 2.98. The van der Waals surface area contributed by atoms with E-state index in [0.29, 0.717) is 19.8 Å². The number of rotatable bonds is 4. The quantitative estimate of drug-likeness (QED) is 0.578. The van der Waals surface area contributed by atoms with Gasteiger partial charge in [-0.05, 0) is 12.8 Å². The molecule has 20 heavy (non-hydrogen) atoms. The second-order valence-corrected chi connectivity index (χ2v) is 5.74. The molecule has 116 valence electrons. The van der Waals surface area contributed by atoms with Crippen molar-refractivity contribution in [3.8, 4) is 0 Å². The van der Waals surface area contributed by atoms with Crippen LogP contribution in [0.15, 0.2) is 0 Å². The molecule has 0 aromatic carbocycles. The van der Waals surface area contributed by atoms with Gasteiger partial charge in [-0.2, -0.15) is 0 Å². The van der Waals surface area contributed by atoms with Crippen LogP contribution in [0.5, 0.6) is 0 Å². The molecule has 0 aromatic heterocycles. The summed E-state index contributed by atoms with van der Waals surface area (Å²) >= 11 is 0. The van der Waals surface area contributed by atoms with Crippen molar-refractivity contribution in [1.82, 2.24) is 26.2 Å². The van der Waals surface area contributed by atoms with E-state index >= 15 is 0 Å². The van der Waals surface area contributed by atoms with Gasteiger partial charge in [-0.15, -0.1) is 0 Å². The van der Waals surface area contributed by atoms with Crippen LogP contribution in [-0.4, -0.2) is 75.0 Å². The monoisotopic (exact) mass is 285 g/mol. The van der Waals surface area contributed by atoms with E-state index in [0.717, 1.165) is 39.3 Å². The lowest BCUT2D eigenvalue weighted by Crippen LogP contribution is -2.73. The zero-order chi connectivity index (χ0) is 13.7. The lowest BCUT2D eigenvalue weighted by atomic mass is 10.2. The Labute approximate surface area is 120 Å².